The lowest BCUT2D eigenvalue weighted by Gasteiger charge is -2.22. The van der Waals surface area contributed by atoms with Crippen molar-refractivity contribution >= 4 is 11.6 Å². The quantitative estimate of drug-likeness (QED) is 0.931. The van der Waals surface area contributed by atoms with Crippen LogP contribution in [-0.2, 0) is 0 Å². The van der Waals surface area contributed by atoms with Crippen LogP contribution >= 0.6 is 0 Å². The molecule has 0 bridgehead atoms. The van der Waals surface area contributed by atoms with Gasteiger partial charge in [0.05, 0.1) is 6.20 Å². The van der Waals surface area contributed by atoms with Gasteiger partial charge in [0, 0.05) is 18.1 Å². The number of anilines is 1. The van der Waals surface area contributed by atoms with Crippen molar-refractivity contribution in [1.29, 1.82) is 0 Å². The first-order valence-corrected chi connectivity index (χ1v) is 7.50. The molecule has 4 heteroatoms. The molecule has 4 nitrogen and oxygen atoms in total. The molecule has 3 rings (SSSR count). The summed E-state index contributed by atoms with van der Waals surface area (Å²) in [4.78, 5) is 19.9. The van der Waals surface area contributed by atoms with Crippen LogP contribution in [0.3, 0.4) is 0 Å². The largest absolute Gasteiger partial charge is 0.321 e. The zero-order valence-corrected chi connectivity index (χ0v) is 12.0. The van der Waals surface area contributed by atoms with Gasteiger partial charge >= 0.3 is 0 Å². The smallest absolute Gasteiger partial charge is 0.275 e. The van der Waals surface area contributed by atoms with Gasteiger partial charge in [-0.25, -0.2) is 4.98 Å². The summed E-state index contributed by atoms with van der Waals surface area (Å²) < 4.78 is 0. The molecule has 1 aromatic heterocycles. The summed E-state index contributed by atoms with van der Waals surface area (Å²) in [6.07, 6.45) is 11.1. The van der Waals surface area contributed by atoms with Crippen molar-refractivity contribution in [3.63, 3.8) is 0 Å². The van der Waals surface area contributed by atoms with Gasteiger partial charge in [0.25, 0.3) is 5.91 Å². The highest BCUT2D eigenvalue weighted by atomic mass is 16.1. The van der Waals surface area contributed by atoms with Crippen molar-refractivity contribution < 1.29 is 4.79 Å². The molecular weight excluding hydrogens is 262 g/mol. The molecular formula is C17H19N3O. The number of carbonyl (C=O) groups excluding carboxylic acids is 1. The van der Waals surface area contributed by atoms with Crippen molar-refractivity contribution in [3.05, 3.63) is 54.1 Å². The van der Waals surface area contributed by atoms with Gasteiger partial charge in [-0.15, -0.1) is 0 Å². The molecule has 0 saturated heterocycles. The zero-order chi connectivity index (χ0) is 14.5. The minimum absolute atomic E-state index is 0.228. The Bertz CT molecular complexity index is 589. The number of amides is 1. The Morgan fingerprint density at radius 3 is 2.48 bits per heavy atom. The maximum atomic E-state index is 12.0. The molecule has 1 saturated carbocycles. The molecule has 0 spiro atoms. The third-order valence-corrected chi connectivity index (χ3v) is 4.04. The molecule has 0 radical (unpaired) electrons. The molecule has 1 N–H and O–H groups in total. The Balaban J connectivity index is 1.65. The van der Waals surface area contributed by atoms with Crippen molar-refractivity contribution in [2.24, 2.45) is 0 Å². The van der Waals surface area contributed by atoms with E-state index in [1.54, 1.807) is 6.20 Å². The third kappa shape index (κ3) is 3.45. The van der Waals surface area contributed by atoms with E-state index in [1.165, 1.54) is 50.1 Å². The van der Waals surface area contributed by atoms with Gasteiger partial charge in [-0.2, -0.15) is 0 Å². The molecule has 1 amide bonds. The van der Waals surface area contributed by atoms with Crippen molar-refractivity contribution in [1.82, 2.24) is 9.97 Å². The number of aromatic nitrogens is 2. The Labute approximate surface area is 124 Å². The van der Waals surface area contributed by atoms with Gasteiger partial charge < -0.3 is 5.32 Å². The van der Waals surface area contributed by atoms with Crippen LogP contribution in [0.25, 0.3) is 0 Å². The van der Waals surface area contributed by atoms with E-state index in [0.29, 0.717) is 11.6 Å². The van der Waals surface area contributed by atoms with Crippen molar-refractivity contribution in [2.75, 3.05) is 5.32 Å². The van der Waals surface area contributed by atoms with Crippen LogP contribution in [0.15, 0.2) is 42.9 Å². The van der Waals surface area contributed by atoms with E-state index in [1.807, 2.05) is 12.1 Å². The van der Waals surface area contributed by atoms with E-state index in [9.17, 15) is 4.79 Å². The summed E-state index contributed by atoms with van der Waals surface area (Å²) in [5.41, 5.74) is 2.51. The number of nitrogens with one attached hydrogen (secondary N) is 1. The maximum Gasteiger partial charge on any atom is 0.275 e. The predicted molar refractivity (Wildman–Crippen MR) is 82.3 cm³/mol. The molecule has 1 heterocycles. The number of benzene rings is 1. The molecule has 21 heavy (non-hydrogen) atoms. The van der Waals surface area contributed by atoms with E-state index in [0.717, 1.165) is 5.69 Å². The fourth-order valence-electron chi connectivity index (χ4n) is 2.89. The third-order valence-electron chi connectivity index (χ3n) is 4.04. The van der Waals surface area contributed by atoms with E-state index in [4.69, 9.17) is 0 Å². The molecule has 108 valence electrons. The first-order chi connectivity index (χ1) is 10.3. The molecule has 1 aliphatic rings. The Morgan fingerprint density at radius 1 is 1.05 bits per heavy atom. The second-order valence-corrected chi connectivity index (χ2v) is 5.50. The first kappa shape index (κ1) is 13.7. The zero-order valence-electron chi connectivity index (χ0n) is 12.0. The van der Waals surface area contributed by atoms with E-state index in [-0.39, 0.29) is 5.91 Å². The second kappa shape index (κ2) is 6.48. The topological polar surface area (TPSA) is 54.9 Å². The number of hydrogen-bond acceptors (Lipinski definition) is 3. The average molecular weight is 281 g/mol. The molecule has 1 aliphatic carbocycles. The van der Waals surface area contributed by atoms with Gasteiger partial charge in [-0.1, -0.05) is 31.4 Å². The Kier molecular flexibility index (Phi) is 4.24. The molecule has 2 aromatic rings. The standard InChI is InChI=1S/C17H19N3O/c21-17(16-12-18-10-11-19-16)20-15-8-6-14(7-9-15)13-4-2-1-3-5-13/h6-13H,1-5H2,(H,20,21). The van der Waals surface area contributed by atoms with Crippen LogP contribution in [-0.4, -0.2) is 15.9 Å². The highest BCUT2D eigenvalue weighted by Crippen LogP contribution is 2.32. The summed E-state index contributed by atoms with van der Waals surface area (Å²) >= 11 is 0. The fourth-order valence-corrected chi connectivity index (χ4v) is 2.89. The maximum absolute atomic E-state index is 12.0. The fraction of sp³-hybridized carbons (Fsp3) is 0.353. The van der Waals surface area contributed by atoms with Crippen LogP contribution < -0.4 is 5.32 Å². The van der Waals surface area contributed by atoms with Crippen molar-refractivity contribution in [3.8, 4) is 0 Å². The van der Waals surface area contributed by atoms with E-state index >= 15 is 0 Å². The predicted octanol–water partition coefficient (Wildman–Crippen LogP) is 3.78. The lowest BCUT2D eigenvalue weighted by molar-refractivity contribution is 0.102. The molecule has 0 atom stereocenters. The number of nitrogens with zero attached hydrogens (tertiary/aromatic N) is 2. The Morgan fingerprint density at radius 2 is 1.81 bits per heavy atom. The van der Waals surface area contributed by atoms with Gasteiger partial charge in [0.1, 0.15) is 5.69 Å². The van der Waals surface area contributed by atoms with Crippen LogP contribution in [0.2, 0.25) is 0 Å². The van der Waals surface area contributed by atoms with Crippen LogP contribution in [0, 0.1) is 0 Å². The van der Waals surface area contributed by atoms with Gasteiger partial charge in [-0.05, 0) is 36.5 Å². The second-order valence-electron chi connectivity index (χ2n) is 5.50. The summed E-state index contributed by atoms with van der Waals surface area (Å²) in [7, 11) is 0. The summed E-state index contributed by atoms with van der Waals surface area (Å²) in [5.74, 6) is 0.456. The normalized spacial score (nSPS) is 15.6. The van der Waals surface area contributed by atoms with Gasteiger partial charge in [0.2, 0.25) is 0 Å². The highest BCUT2D eigenvalue weighted by Gasteiger charge is 2.15. The number of carbonyl (C=O) groups is 1. The molecule has 1 aromatic carbocycles. The van der Waals surface area contributed by atoms with Crippen molar-refractivity contribution in [2.45, 2.75) is 38.0 Å². The lowest BCUT2D eigenvalue weighted by Crippen LogP contribution is -2.13. The minimum Gasteiger partial charge on any atom is -0.321 e. The minimum atomic E-state index is -0.228. The summed E-state index contributed by atoms with van der Waals surface area (Å²) in [5, 5.41) is 2.85. The molecule has 0 aliphatic heterocycles. The number of rotatable bonds is 3. The van der Waals surface area contributed by atoms with E-state index in [2.05, 4.69) is 27.4 Å². The Hall–Kier alpha value is -2.23. The lowest BCUT2D eigenvalue weighted by atomic mass is 9.84. The average Bonchev–Trinajstić information content (AvgIpc) is 2.57. The summed E-state index contributed by atoms with van der Waals surface area (Å²) in [6, 6.07) is 8.20. The molecule has 0 unspecified atom stereocenters. The first-order valence-electron chi connectivity index (χ1n) is 7.50. The van der Waals surface area contributed by atoms with Gasteiger partial charge in [0.15, 0.2) is 0 Å². The monoisotopic (exact) mass is 281 g/mol. The van der Waals surface area contributed by atoms with Crippen LogP contribution in [0.4, 0.5) is 5.69 Å². The summed E-state index contributed by atoms with van der Waals surface area (Å²) in [6.45, 7) is 0. The van der Waals surface area contributed by atoms with E-state index < -0.39 is 0 Å². The van der Waals surface area contributed by atoms with Gasteiger partial charge in [-0.3, -0.25) is 9.78 Å². The number of hydrogen-bond donors (Lipinski definition) is 1. The SMILES string of the molecule is O=C(Nc1ccc(C2CCCCC2)cc1)c1cnccn1. The molecule has 1 fully saturated rings. The van der Waals surface area contributed by atoms with Crippen LogP contribution in [0.5, 0.6) is 0 Å². The highest BCUT2D eigenvalue weighted by molar-refractivity contribution is 6.02. The van der Waals surface area contributed by atoms with Crippen LogP contribution in [0.1, 0.15) is 54.1 Å².